The number of fused-ring (bicyclic) bond motifs is 1. The minimum Gasteiger partial charge on any atom is -0.461 e. The summed E-state index contributed by atoms with van der Waals surface area (Å²) in [5.74, 6) is 0.137. The molecule has 1 amide bonds. The van der Waals surface area contributed by atoms with Gasteiger partial charge in [-0.25, -0.2) is 4.79 Å². The first-order valence-electron chi connectivity index (χ1n) is 6.29. The van der Waals surface area contributed by atoms with Crippen LogP contribution >= 0.6 is 12.6 Å². The van der Waals surface area contributed by atoms with Gasteiger partial charge in [-0.1, -0.05) is 0 Å². The predicted octanol–water partition coefficient (Wildman–Crippen LogP) is 0.791. The van der Waals surface area contributed by atoms with Gasteiger partial charge < -0.3 is 9.64 Å². The highest BCUT2D eigenvalue weighted by Gasteiger charge is 2.27. The quantitative estimate of drug-likeness (QED) is 0.633. The van der Waals surface area contributed by atoms with E-state index >= 15 is 0 Å². The van der Waals surface area contributed by atoms with E-state index in [-0.39, 0.29) is 5.91 Å². The molecule has 19 heavy (non-hydrogen) atoms. The zero-order chi connectivity index (χ0) is 13.8. The van der Waals surface area contributed by atoms with Crippen LogP contribution in [0.2, 0.25) is 0 Å². The van der Waals surface area contributed by atoms with E-state index in [1.54, 1.807) is 11.8 Å². The van der Waals surface area contributed by atoms with E-state index in [0.29, 0.717) is 44.0 Å². The van der Waals surface area contributed by atoms with Gasteiger partial charge in [0.25, 0.3) is 0 Å². The zero-order valence-electron chi connectivity index (χ0n) is 10.8. The van der Waals surface area contributed by atoms with E-state index in [1.165, 1.54) is 0 Å². The van der Waals surface area contributed by atoms with Crippen molar-refractivity contribution in [2.24, 2.45) is 0 Å². The maximum absolute atomic E-state index is 11.9. The molecule has 0 spiro atoms. The Kier molecular flexibility index (Phi) is 4.47. The van der Waals surface area contributed by atoms with Crippen LogP contribution in [0.25, 0.3) is 0 Å². The third kappa shape index (κ3) is 2.91. The first-order chi connectivity index (χ1) is 9.17. The molecule has 0 saturated carbocycles. The summed E-state index contributed by atoms with van der Waals surface area (Å²) in [5, 5.41) is 6.86. The minimum atomic E-state index is -0.441. The van der Waals surface area contributed by atoms with E-state index in [0.717, 1.165) is 11.3 Å². The maximum atomic E-state index is 11.9. The van der Waals surface area contributed by atoms with Crippen LogP contribution in [-0.2, 0) is 22.5 Å². The van der Waals surface area contributed by atoms with Crippen molar-refractivity contribution < 1.29 is 14.3 Å². The van der Waals surface area contributed by atoms with Gasteiger partial charge in [0.15, 0.2) is 5.69 Å². The van der Waals surface area contributed by atoms with Crippen LogP contribution in [0.1, 0.15) is 35.1 Å². The highest BCUT2D eigenvalue weighted by molar-refractivity contribution is 7.80. The average molecular weight is 283 g/mol. The van der Waals surface area contributed by atoms with Crippen LogP contribution in [0.15, 0.2) is 0 Å². The SMILES string of the molecule is CCOC(=O)c1n[nH]c2c1CN(C(=O)CCS)CC2. The average Bonchev–Trinajstić information content (AvgIpc) is 2.82. The number of aromatic amines is 1. The van der Waals surface area contributed by atoms with Crippen molar-refractivity contribution in [1.82, 2.24) is 15.1 Å². The number of hydrogen-bond acceptors (Lipinski definition) is 5. The number of ether oxygens (including phenoxy) is 1. The molecule has 104 valence electrons. The molecule has 1 aliphatic heterocycles. The van der Waals surface area contributed by atoms with Crippen molar-refractivity contribution in [2.45, 2.75) is 26.3 Å². The third-order valence-electron chi connectivity index (χ3n) is 3.08. The van der Waals surface area contributed by atoms with Crippen LogP contribution < -0.4 is 0 Å². The number of nitrogens with zero attached hydrogens (tertiary/aromatic N) is 2. The van der Waals surface area contributed by atoms with Crippen LogP contribution in [-0.4, -0.2) is 45.9 Å². The lowest BCUT2D eigenvalue weighted by Gasteiger charge is -2.26. The van der Waals surface area contributed by atoms with E-state index < -0.39 is 5.97 Å². The molecule has 0 radical (unpaired) electrons. The van der Waals surface area contributed by atoms with E-state index in [2.05, 4.69) is 22.8 Å². The number of H-pyrrole nitrogens is 1. The standard InChI is InChI=1S/C12H17N3O3S/c1-2-18-12(17)11-8-7-15(10(16)4-6-19)5-3-9(8)13-14-11/h19H,2-7H2,1H3,(H,13,14). The van der Waals surface area contributed by atoms with Crippen LogP contribution in [0.3, 0.4) is 0 Å². The zero-order valence-corrected chi connectivity index (χ0v) is 11.7. The Labute approximate surface area is 116 Å². The number of aromatic nitrogens is 2. The summed E-state index contributed by atoms with van der Waals surface area (Å²) >= 11 is 4.06. The highest BCUT2D eigenvalue weighted by atomic mass is 32.1. The minimum absolute atomic E-state index is 0.0525. The summed E-state index contributed by atoms with van der Waals surface area (Å²) in [7, 11) is 0. The van der Waals surface area contributed by atoms with Gasteiger partial charge in [-0.15, -0.1) is 0 Å². The van der Waals surface area contributed by atoms with Crippen molar-refractivity contribution >= 4 is 24.5 Å². The second kappa shape index (κ2) is 6.10. The fraction of sp³-hybridized carbons (Fsp3) is 0.583. The Morgan fingerprint density at radius 1 is 1.53 bits per heavy atom. The van der Waals surface area contributed by atoms with Gasteiger partial charge in [0.1, 0.15) is 0 Å². The summed E-state index contributed by atoms with van der Waals surface area (Å²) in [6.07, 6.45) is 1.09. The second-order valence-corrected chi connectivity index (χ2v) is 4.74. The molecule has 1 N–H and O–H groups in total. The molecule has 0 saturated heterocycles. The molecule has 1 aromatic rings. The first-order valence-corrected chi connectivity index (χ1v) is 6.92. The molecule has 7 heteroatoms. The Hall–Kier alpha value is -1.50. The van der Waals surface area contributed by atoms with Crippen molar-refractivity contribution in [3.8, 4) is 0 Å². The van der Waals surface area contributed by atoms with Gasteiger partial charge >= 0.3 is 5.97 Å². The summed E-state index contributed by atoms with van der Waals surface area (Å²) in [4.78, 5) is 25.4. The number of rotatable bonds is 4. The number of esters is 1. The molecular formula is C12H17N3O3S. The van der Waals surface area contributed by atoms with Gasteiger partial charge in [0.2, 0.25) is 5.91 Å². The van der Waals surface area contributed by atoms with E-state index in [9.17, 15) is 9.59 Å². The summed E-state index contributed by atoms with van der Waals surface area (Å²) < 4.78 is 4.96. The molecule has 0 bridgehead atoms. The summed E-state index contributed by atoms with van der Waals surface area (Å²) in [5.41, 5.74) is 1.98. The Balaban J connectivity index is 2.16. The number of nitrogens with one attached hydrogen (secondary N) is 1. The molecule has 2 rings (SSSR count). The van der Waals surface area contributed by atoms with Crippen LogP contribution in [0.5, 0.6) is 0 Å². The molecule has 2 heterocycles. The molecule has 0 unspecified atom stereocenters. The molecule has 1 aliphatic rings. The normalized spacial score (nSPS) is 14.1. The smallest absolute Gasteiger partial charge is 0.359 e. The largest absolute Gasteiger partial charge is 0.461 e. The van der Waals surface area contributed by atoms with E-state index in [4.69, 9.17) is 4.74 Å². The lowest BCUT2D eigenvalue weighted by molar-refractivity contribution is -0.131. The van der Waals surface area contributed by atoms with Crippen molar-refractivity contribution in [3.63, 3.8) is 0 Å². The van der Waals surface area contributed by atoms with Gasteiger partial charge in [-0.2, -0.15) is 17.7 Å². The third-order valence-corrected chi connectivity index (χ3v) is 3.30. The Morgan fingerprint density at radius 2 is 2.32 bits per heavy atom. The topological polar surface area (TPSA) is 75.3 Å². The van der Waals surface area contributed by atoms with Crippen LogP contribution in [0.4, 0.5) is 0 Å². The lowest BCUT2D eigenvalue weighted by atomic mass is 10.1. The van der Waals surface area contributed by atoms with Gasteiger partial charge in [0, 0.05) is 37.2 Å². The van der Waals surface area contributed by atoms with Gasteiger partial charge in [0.05, 0.1) is 6.61 Å². The second-order valence-electron chi connectivity index (χ2n) is 4.29. The number of thiol groups is 1. The Bertz CT molecular complexity index is 487. The lowest BCUT2D eigenvalue weighted by Crippen LogP contribution is -2.36. The molecule has 0 aromatic carbocycles. The summed E-state index contributed by atoms with van der Waals surface area (Å²) in [6, 6.07) is 0. The fourth-order valence-corrected chi connectivity index (χ4v) is 2.32. The fourth-order valence-electron chi connectivity index (χ4n) is 2.13. The van der Waals surface area contributed by atoms with E-state index in [1.807, 2.05) is 0 Å². The number of carbonyl (C=O) groups is 2. The van der Waals surface area contributed by atoms with Gasteiger partial charge in [-0.3, -0.25) is 9.89 Å². The van der Waals surface area contributed by atoms with Gasteiger partial charge in [-0.05, 0) is 12.7 Å². The number of carbonyl (C=O) groups excluding carboxylic acids is 2. The number of hydrogen-bond donors (Lipinski definition) is 2. The van der Waals surface area contributed by atoms with Crippen LogP contribution in [0, 0.1) is 0 Å². The molecule has 6 nitrogen and oxygen atoms in total. The molecular weight excluding hydrogens is 266 g/mol. The first kappa shape index (κ1) is 13.9. The van der Waals surface area contributed by atoms with Crippen molar-refractivity contribution in [1.29, 1.82) is 0 Å². The highest BCUT2D eigenvalue weighted by Crippen LogP contribution is 2.21. The monoisotopic (exact) mass is 283 g/mol. The Morgan fingerprint density at radius 3 is 3.00 bits per heavy atom. The maximum Gasteiger partial charge on any atom is 0.359 e. The van der Waals surface area contributed by atoms with Crippen molar-refractivity contribution in [2.75, 3.05) is 18.9 Å². The van der Waals surface area contributed by atoms with Crippen molar-refractivity contribution in [3.05, 3.63) is 17.0 Å². The molecule has 1 aromatic heterocycles. The molecule has 0 fully saturated rings. The molecule has 0 aliphatic carbocycles. The number of amides is 1. The molecule has 0 atom stereocenters. The predicted molar refractivity (Wildman–Crippen MR) is 72.1 cm³/mol. The summed E-state index contributed by atoms with van der Waals surface area (Å²) in [6.45, 7) is 3.11.